The van der Waals surface area contributed by atoms with Gasteiger partial charge in [-0.1, -0.05) is 18.5 Å². The van der Waals surface area contributed by atoms with Crippen LogP contribution in [0.15, 0.2) is 5.11 Å². The Bertz CT molecular complexity index is 66.6. The molecule has 0 saturated carbocycles. The number of rotatable bonds is 2. The molecule has 0 radical (unpaired) electrons. The molecule has 0 atom stereocenters. The minimum absolute atomic E-state index is 0. The van der Waals surface area contributed by atoms with Gasteiger partial charge in [-0.15, -0.1) is 0 Å². The van der Waals surface area contributed by atoms with Crippen LogP contribution in [0, 0.1) is 0 Å². The molecule has 0 amide bonds. The van der Waals surface area contributed by atoms with Crippen molar-refractivity contribution in [2.75, 3.05) is 6.54 Å². The Balaban J connectivity index is 0. The zero-order valence-corrected chi connectivity index (χ0v) is 3.76. The molecular weight excluding hydrogens is 117 g/mol. The molecule has 0 aromatic heterocycles. The quantitative estimate of drug-likeness (QED) is 0.229. The molecule has 0 rings (SSSR count). The molecule has 7 heavy (non-hydrogen) atoms. The van der Waals surface area contributed by atoms with Crippen molar-refractivity contribution >= 4 is 51.4 Å². The zero-order valence-electron chi connectivity index (χ0n) is 3.76. The normalized spacial score (nSPS) is 5.86. The van der Waals surface area contributed by atoms with E-state index in [0.29, 0.717) is 6.54 Å². The second-order valence-corrected chi connectivity index (χ2v) is 0.954. The van der Waals surface area contributed by atoms with Crippen molar-refractivity contribution in [2.24, 2.45) is 5.11 Å². The number of hydrogen-bond acceptors (Lipinski definition) is 1. The molecule has 0 N–H and O–H groups in total. The van der Waals surface area contributed by atoms with Gasteiger partial charge in [0.1, 0.15) is 0 Å². The second kappa shape index (κ2) is 10.0. The van der Waals surface area contributed by atoms with Crippen LogP contribution in [-0.4, -0.2) is 57.9 Å². The molecule has 3 nitrogen and oxygen atoms in total. The Kier molecular flexibility index (Phi) is 15.6. The van der Waals surface area contributed by atoms with Gasteiger partial charge in [0.15, 0.2) is 0 Å². The van der Waals surface area contributed by atoms with Gasteiger partial charge in [-0.05, 0) is 5.53 Å². The van der Waals surface area contributed by atoms with Crippen LogP contribution in [0.25, 0.3) is 10.4 Å². The maximum atomic E-state index is 7.66. The van der Waals surface area contributed by atoms with Crippen LogP contribution in [0.3, 0.4) is 0 Å². The summed E-state index contributed by atoms with van der Waals surface area (Å²) in [7, 11) is 0. The Morgan fingerprint density at radius 2 is 2.29 bits per heavy atom. The van der Waals surface area contributed by atoms with E-state index in [0.717, 1.165) is 6.42 Å². The van der Waals surface area contributed by atoms with E-state index in [-0.39, 0.29) is 51.4 Å². The zero-order chi connectivity index (χ0) is 4.83. The van der Waals surface area contributed by atoms with Crippen molar-refractivity contribution in [1.82, 2.24) is 0 Å². The molecule has 0 aromatic rings. The van der Waals surface area contributed by atoms with Gasteiger partial charge in [0, 0.05) is 11.5 Å². The summed E-state index contributed by atoms with van der Waals surface area (Å²) in [6, 6.07) is 0. The van der Waals surface area contributed by atoms with E-state index < -0.39 is 0 Å². The van der Waals surface area contributed by atoms with Gasteiger partial charge in [0.25, 0.3) is 0 Å². The van der Waals surface area contributed by atoms with Gasteiger partial charge in [0.2, 0.25) is 0 Å². The van der Waals surface area contributed by atoms with Gasteiger partial charge in [-0.25, -0.2) is 0 Å². The third-order valence-electron chi connectivity index (χ3n) is 0.387. The number of hydrogen-bond donors (Lipinski definition) is 0. The van der Waals surface area contributed by atoms with Gasteiger partial charge >= 0.3 is 51.4 Å². The topological polar surface area (TPSA) is 48.8 Å². The van der Waals surface area contributed by atoms with Gasteiger partial charge in [-0.3, -0.25) is 0 Å². The van der Waals surface area contributed by atoms with Crippen molar-refractivity contribution in [3.05, 3.63) is 10.4 Å². The first kappa shape index (κ1) is 10.8. The van der Waals surface area contributed by atoms with E-state index in [1.54, 1.807) is 0 Å². The van der Waals surface area contributed by atoms with Crippen molar-refractivity contribution < 1.29 is 0 Å². The Hall–Kier alpha value is 0.946. The standard InChI is InChI=1S/C3H7N3.K.H/c1-2-3-5-6-4;;/h2-3H2,1H3;;. The predicted octanol–water partition coefficient (Wildman–Crippen LogP) is 1.06. The molecule has 0 heterocycles. The summed E-state index contributed by atoms with van der Waals surface area (Å²) in [6.07, 6.45) is 0.935. The molecular formula is C3H8KN3. The first-order valence-corrected chi connectivity index (χ1v) is 1.92. The summed E-state index contributed by atoms with van der Waals surface area (Å²) in [4.78, 5) is 2.55. The fraction of sp³-hybridized carbons (Fsp3) is 1.00. The van der Waals surface area contributed by atoms with E-state index in [9.17, 15) is 0 Å². The van der Waals surface area contributed by atoms with Crippen molar-refractivity contribution in [1.29, 1.82) is 0 Å². The van der Waals surface area contributed by atoms with Crippen LogP contribution in [0.4, 0.5) is 0 Å². The van der Waals surface area contributed by atoms with Crippen LogP contribution >= 0.6 is 0 Å². The Morgan fingerprint density at radius 1 is 1.71 bits per heavy atom. The van der Waals surface area contributed by atoms with Gasteiger partial charge in [-0.2, -0.15) is 0 Å². The summed E-state index contributed by atoms with van der Waals surface area (Å²) in [5, 5.41) is 3.27. The minimum atomic E-state index is 0. The Labute approximate surface area is 85.5 Å². The first-order chi connectivity index (χ1) is 2.91. The van der Waals surface area contributed by atoms with Gasteiger partial charge < -0.3 is 0 Å². The van der Waals surface area contributed by atoms with Crippen molar-refractivity contribution in [2.45, 2.75) is 13.3 Å². The summed E-state index contributed by atoms with van der Waals surface area (Å²) >= 11 is 0. The van der Waals surface area contributed by atoms with Crippen molar-refractivity contribution in [3.8, 4) is 0 Å². The van der Waals surface area contributed by atoms with Crippen LogP contribution in [0.1, 0.15) is 13.3 Å². The van der Waals surface area contributed by atoms with Crippen LogP contribution < -0.4 is 0 Å². The van der Waals surface area contributed by atoms with E-state index in [1.165, 1.54) is 0 Å². The molecule has 0 aromatic carbocycles. The first-order valence-electron chi connectivity index (χ1n) is 1.92. The molecule has 0 unspecified atom stereocenters. The maximum absolute atomic E-state index is 7.66. The van der Waals surface area contributed by atoms with Crippen LogP contribution in [-0.2, 0) is 0 Å². The number of nitrogens with zero attached hydrogens (tertiary/aromatic N) is 3. The van der Waals surface area contributed by atoms with Crippen molar-refractivity contribution in [3.63, 3.8) is 0 Å². The molecule has 0 aliphatic rings. The van der Waals surface area contributed by atoms with E-state index in [1.807, 2.05) is 6.92 Å². The molecule has 36 valence electrons. The summed E-state index contributed by atoms with van der Waals surface area (Å²) < 4.78 is 0. The molecule has 0 aliphatic heterocycles. The SMILES string of the molecule is CCCN=[N+]=[N-].[KH]. The average Bonchev–Trinajstić information content (AvgIpc) is 1.61. The van der Waals surface area contributed by atoms with Gasteiger partial charge in [0.05, 0.1) is 0 Å². The predicted molar refractivity (Wildman–Crippen MR) is 31.5 cm³/mol. The fourth-order valence-electron chi connectivity index (χ4n) is 0.145. The molecule has 4 heteroatoms. The summed E-state index contributed by atoms with van der Waals surface area (Å²) in [5.41, 5.74) is 7.66. The second-order valence-electron chi connectivity index (χ2n) is 0.954. The summed E-state index contributed by atoms with van der Waals surface area (Å²) in [6.45, 7) is 2.59. The molecule has 0 spiro atoms. The molecule has 0 bridgehead atoms. The van der Waals surface area contributed by atoms with Crippen LogP contribution in [0.5, 0.6) is 0 Å². The van der Waals surface area contributed by atoms with E-state index in [4.69, 9.17) is 5.53 Å². The third kappa shape index (κ3) is 10.9. The fourth-order valence-corrected chi connectivity index (χ4v) is 0.145. The summed E-state index contributed by atoms with van der Waals surface area (Å²) in [5.74, 6) is 0. The molecule has 0 fully saturated rings. The average molecular weight is 125 g/mol. The monoisotopic (exact) mass is 125 g/mol. The third-order valence-corrected chi connectivity index (χ3v) is 0.387. The van der Waals surface area contributed by atoms with Crippen LogP contribution in [0.2, 0.25) is 0 Å². The number of azide groups is 1. The van der Waals surface area contributed by atoms with E-state index in [2.05, 4.69) is 10.0 Å². The molecule has 0 saturated heterocycles. The van der Waals surface area contributed by atoms with E-state index >= 15 is 0 Å². The molecule has 0 aliphatic carbocycles. The Morgan fingerprint density at radius 3 is 2.43 bits per heavy atom.